The molecule has 0 saturated carbocycles. The molecule has 0 radical (unpaired) electrons. The second-order valence-electron chi connectivity index (χ2n) is 2.98. The molecule has 1 heterocycles. The first-order valence-corrected chi connectivity index (χ1v) is 6.51. The van der Waals surface area contributed by atoms with Crippen molar-refractivity contribution in [2.75, 3.05) is 0 Å². The molecule has 1 rings (SSSR count). The summed E-state index contributed by atoms with van der Waals surface area (Å²) in [6.07, 6.45) is 0.891. The molecular formula is C8H9Br2NO2S. The average molecular weight is 343 g/mol. The van der Waals surface area contributed by atoms with Crippen molar-refractivity contribution < 1.29 is 4.92 Å². The Balaban J connectivity index is 3.32. The van der Waals surface area contributed by atoms with E-state index >= 15 is 0 Å². The SMILES string of the molecule is CCC(C)c1c(Br)sc(Br)c1[N+](=O)[O-]. The maximum absolute atomic E-state index is 10.8. The highest BCUT2D eigenvalue weighted by atomic mass is 79.9. The lowest BCUT2D eigenvalue weighted by atomic mass is 10.0. The number of nitro groups is 1. The van der Waals surface area contributed by atoms with Crippen molar-refractivity contribution in [3.8, 4) is 0 Å². The van der Waals surface area contributed by atoms with Crippen molar-refractivity contribution in [3.05, 3.63) is 23.3 Å². The highest BCUT2D eigenvalue weighted by Gasteiger charge is 2.27. The van der Waals surface area contributed by atoms with Gasteiger partial charge in [0.15, 0.2) is 0 Å². The van der Waals surface area contributed by atoms with Crippen LogP contribution < -0.4 is 0 Å². The smallest absolute Gasteiger partial charge is 0.258 e. The molecule has 0 bridgehead atoms. The monoisotopic (exact) mass is 341 g/mol. The van der Waals surface area contributed by atoms with Crippen LogP contribution in [0, 0.1) is 10.1 Å². The van der Waals surface area contributed by atoms with E-state index in [1.54, 1.807) is 0 Å². The van der Waals surface area contributed by atoms with E-state index in [1.165, 1.54) is 11.3 Å². The second-order valence-corrected chi connectivity index (χ2v) is 6.63. The van der Waals surface area contributed by atoms with E-state index < -0.39 is 0 Å². The summed E-state index contributed by atoms with van der Waals surface area (Å²) >= 11 is 7.93. The summed E-state index contributed by atoms with van der Waals surface area (Å²) in [5, 5.41) is 10.8. The molecule has 0 N–H and O–H groups in total. The molecule has 0 amide bonds. The Hall–Kier alpha value is 0.0600. The van der Waals surface area contributed by atoms with Gasteiger partial charge in [-0.2, -0.15) is 0 Å². The molecule has 6 heteroatoms. The van der Waals surface area contributed by atoms with E-state index in [4.69, 9.17) is 0 Å². The third-order valence-electron chi connectivity index (χ3n) is 2.12. The summed E-state index contributed by atoms with van der Waals surface area (Å²) in [4.78, 5) is 10.5. The van der Waals surface area contributed by atoms with Crippen molar-refractivity contribution in [1.82, 2.24) is 0 Å². The molecule has 0 fully saturated rings. The van der Waals surface area contributed by atoms with E-state index in [1.807, 2.05) is 13.8 Å². The number of thiophene rings is 1. The van der Waals surface area contributed by atoms with Crippen LogP contribution in [-0.2, 0) is 0 Å². The summed E-state index contributed by atoms with van der Waals surface area (Å²) in [5.41, 5.74) is 1.01. The van der Waals surface area contributed by atoms with Crippen molar-refractivity contribution in [1.29, 1.82) is 0 Å². The zero-order valence-electron chi connectivity index (χ0n) is 7.71. The Kier molecular flexibility index (Phi) is 4.09. The molecule has 0 aliphatic carbocycles. The molecule has 0 spiro atoms. The van der Waals surface area contributed by atoms with Crippen LogP contribution in [0.15, 0.2) is 7.57 Å². The van der Waals surface area contributed by atoms with Gasteiger partial charge >= 0.3 is 0 Å². The van der Waals surface area contributed by atoms with Crippen LogP contribution in [0.1, 0.15) is 31.7 Å². The zero-order valence-corrected chi connectivity index (χ0v) is 11.7. The Labute approximate surface area is 103 Å². The van der Waals surface area contributed by atoms with Crippen LogP contribution in [0.5, 0.6) is 0 Å². The molecular weight excluding hydrogens is 334 g/mol. The minimum atomic E-state index is -0.327. The van der Waals surface area contributed by atoms with Crippen LogP contribution in [0.3, 0.4) is 0 Å². The summed E-state index contributed by atoms with van der Waals surface area (Å²) in [6, 6.07) is 0. The van der Waals surface area contributed by atoms with Crippen LogP contribution >= 0.6 is 43.2 Å². The van der Waals surface area contributed by atoms with Gasteiger partial charge in [0.2, 0.25) is 0 Å². The standard InChI is InChI=1S/C8H9Br2NO2S/c1-3-4(2)5-6(11(12)13)8(10)14-7(5)9/h4H,3H2,1-2H3. The van der Waals surface area contributed by atoms with Gasteiger partial charge in [0, 0.05) is 0 Å². The third-order valence-corrected chi connectivity index (χ3v) is 4.67. The molecule has 0 aliphatic heterocycles. The van der Waals surface area contributed by atoms with Gasteiger partial charge in [-0.3, -0.25) is 10.1 Å². The zero-order chi connectivity index (χ0) is 10.9. The maximum atomic E-state index is 10.8. The Bertz CT molecular complexity index is 364. The largest absolute Gasteiger partial charge is 0.298 e. The lowest BCUT2D eigenvalue weighted by Gasteiger charge is -2.06. The first-order valence-electron chi connectivity index (χ1n) is 4.11. The van der Waals surface area contributed by atoms with Gasteiger partial charge in [-0.1, -0.05) is 13.8 Å². The Morgan fingerprint density at radius 1 is 1.50 bits per heavy atom. The van der Waals surface area contributed by atoms with Gasteiger partial charge in [0.05, 0.1) is 14.3 Å². The fraction of sp³-hybridized carbons (Fsp3) is 0.500. The van der Waals surface area contributed by atoms with Gasteiger partial charge in [0.25, 0.3) is 5.69 Å². The fourth-order valence-electron chi connectivity index (χ4n) is 1.18. The molecule has 0 aliphatic rings. The topological polar surface area (TPSA) is 43.1 Å². The molecule has 78 valence electrons. The highest BCUT2D eigenvalue weighted by molar-refractivity contribution is 9.12. The summed E-state index contributed by atoms with van der Waals surface area (Å²) in [6.45, 7) is 4.01. The molecule has 1 unspecified atom stereocenters. The van der Waals surface area contributed by atoms with Crippen molar-refractivity contribution >= 4 is 48.9 Å². The van der Waals surface area contributed by atoms with Crippen LogP contribution in [-0.4, -0.2) is 4.92 Å². The van der Waals surface area contributed by atoms with Gasteiger partial charge in [0.1, 0.15) is 3.79 Å². The quantitative estimate of drug-likeness (QED) is 0.590. The minimum Gasteiger partial charge on any atom is -0.258 e. The predicted octanol–water partition coefficient (Wildman–Crippen LogP) is 4.69. The second kappa shape index (κ2) is 4.72. The number of halogens is 2. The maximum Gasteiger partial charge on any atom is 0.298 e. The normalized spacial score (nSPS) is 12.9. The Morgan fingerprint density at radius 3 is 2.50 bits per heavy atom. The average Bonchev–Trinajstić information content (AvgIpc) is 2.39. The summed E-state index contributed by atoms with van der Waals surface area (Å²) in [5.74, 6) is 0.201. The molecule has 14 heavy (non-hydrogen) atoms. The molecule has 1 aromatic rings. The van der Waals surface area contributed by atoms with Gasteiger partial charge in [-0.15, -0.1) is 11.3 Å². The van der Waals surface area contributed by atoms with E-state index in [0.29, 0.717) is 3.79 Å². The summed E-state index contributed by atoms with van der Waals surface area (Å²) in [7, 11) is 0. The minimum absolute atomic E-state index is 0.201. The van der Waals surface area contributed by atoms with Crippen molar-refractivity contribution in [2.45, 2.75) is 26.2 Å². The summed E-state index contributed by atoms with van der Waals surface area (Å²) < 4.78 is 1.44. The first-order chi connectivity index (χ1) is 6.49. The van der Waals surface area contributed by atoms with Gasteiger partial charge in [-0.25, -0.2) is 0 Å². The molecule has 1 atom stereocenters. The van der Waals surface area contributed by atoms with Gasteiger partial charge in [-0.05, 0) is 44.2 Å². The first kappa shape index (κ1) is 12.1. The molecule has 0 saturated heterocycles. The molecule has 0 aromatic carbocycles. The molecule has 3 nitrogen and oxygen atoms in total. The van der Waals surface area contributed by atoms with Crippen LogP contribution in [0.2, 0.25) is 0 Å². The lowest BCUT2D eigenvalue weighted by molar-refractivity contribution is -0.386. The van der Waals surface area contributed by atoms with Crippen LogP contribution in [0.25, 0.3) is 0 Å². The number of rotatable bonds is 3. The van der Waals surface area contributed by atoms with E-state index in [2.05, 4.69) is 31.9 Å². The fourth-order valence-corrected chi connectivity index (χ4v) is 4.59. The predicted molar refractivity (Wildman–Crippen MR) is 65.1 cm³/mol. The van der Waals surface area contributed by atoms with E-state index in [9.17, 15) is 10.1 Å². The van der Waals surface area contributed by atoms with Crippen LogP contribution in [0.4, 0.5) is 5.69 Å². The number of hydrogen-bond donors (Lipinski definition) is 0. The number of nitrogens with zero attached hydrogens (tertiary/aromatic N) is 1. The van der Waals surface area contributed by atoms with Crippen molar-refractivity contribution in [2.24, 2.45) is 0 Å². The highest BCUT2D eigenvalue weighted by Crippen LogP contribution is 2.46. The van der Waals surface area contributed by atoms with Gasteiger partial charge < -0.3 is 0 Å². The number of hydrogen-bond acceptors (Lipinski definition) is 3. The van der Waals surface area contributed by atoms with E-state index in [0.717, 1.165) is 15.8 Å². The molecule has 1 aromatic heterocycles. The third kappa shape index (κ3) is 2.17. The van der Waals surface area contributed by atoms with E-state index in [-0.39, 0.29) is 16.5 Å². The van der Waals surface area contributed by atoms with Crippen molar-refractivity contribution in [3.63, 3.8) is 0 Å². The lowest BCUT2D eigenvalue weighted by Crippen LogP contribution is -1.96. The Morgan fingerprint density at radius 2 is 2.07 bits per heavy atom.